The number of hydrogen-bond acceptors (Lipinski definition) is 4. The number of carbonyl (C=O) groups excluding carboxylic acids is 2. The molecule has 0 spiro atoms. The molecule has 112 valence electrons. The number of imide groups is 1. The summed E-state index contributed by atoms with van der Waals surface area (Å²) >= 11 is 0.612. The summed E-state index contributed by atoms with van der Waals surface area (Å²) in [6.45, 7) is 0.146. The Labute approximate surface area is 122 Å². The molecule has 0 unspecified atom stereocenters. The Bertz CT molecular complexity index is 614. The highest BCUT2D eigenvalue weighted by molar-refractivity contribution is 8.18. The average Bonchev–Trinajstić information content (AvgIpc) is 2.66. The molecule has 0 aliphatic carbocycles. The fourth-order valence-corrected chi connectivity index (χ4v) is 2.70. The first-order chi connectivity index (χ1) is 9.84. The number of thioether (sulfide) groups is 1. The number of amides is 2. The second-order valence-electron chi connectivity index (χ2n) is 4.21. The molecule has 2 rings (SSSR count). The second kappa shape index (κ2) is 5.90. The minimum atomic E-state index is -4.53. The lowest BCUT2D eigenvalue weighted by molar-refractivity contribution is -0.137. The zero-order valence-electron chi connectivity index (χ0n) is 10.7. The van der Waals surface area contributed by atoms with Gasteiger partial charge in [-0.3, -0.25) is 14.5 Å². The van der Waals surface area contributed by atoms with Crippen molar-refractivity contribution in [1.29, 1.82) is 0 Å². The molecule has 0 bridgehead atoms. The first-order valence-electron chi connectivity index (χ1n) is 5.96. The third-order valence-electron chi connectivity index (χ3n) is 2.78. The van der Waals surface area contributed by atoms with Crippen molar-refractivity contribution in [2.75, 3.05) is 13.1 Å². The molecule has 0 radical (unpaired) electrons. The van der Waals surface area contributed by atoms with E-state index in [9.17, 15) is 22.8 Å². The number of rotatable bonds is 3. The van der Waals surface area contributed by atoms with Crippen molar-refractivity contribution in [1.82, 2.24) is 4.90 Å². The van der Waals surface area contributed by atoms with Gasteiger partial charge in [0.05, 0.1) is 10.5 Å². The minimum Gasteiger partial charge on any atom is -0.329 e. The van der Waals surface area contributed by atoms with E-state index >= 15 is 0 Å². The number of alkyl halides is 3. The Morgan fingerprint density at radius 2 is 1.90 bits per heavy atom. The van der Waals surface area contributed by atoms with Crippen LogP contribution in [-0.2, 0) is 11.0 Å². The maximum absolute atomic E-state index is 12.9. The lowest BCUT2D eigenvalue weighted by atomic mass is 10.1. The third-order valence-corrected chi connectivity index (χ3v) is 3.69. The van der Waals surface area contributed by atoms with Gasteiger partial charge in [0.2, 0.25) is 0 Å². The molecule has 1 aliphatic rings. The predicted molar refractivity (Wildman–Crippen MR) is 73.2 cm³/mol. The van der Waals surface area contributed by atoms with Crippen molar-refractivity contribution in [3.05, 3.63) is 40.3 Å². The Kier molecular flexibility index (Phi) is 4.38. The van der Waals surface area contributed by atoms with Crippen molar-refractivity contribution in [3.8, 4) is 0 Å². The highest BCUT2D eigenvalue weighted by Gasteiger charge is 2.36. The molecule has 0 saturated carbocycles. The maximum atomic E-state index is 12.9. The topological polar surface area (TPSA) is 63.4 Å². The molecule has 1 aromatic carbocycles. The van der Waals surface area contributed by atoms with Crippen molar-refractivity contribution in [2.45, 2.75) is 6.18 Å². The summed E-state index contributed by atoms with van der Waals surface area (Å²) in [5.41, 5.74) is 4.29. The molecule has 8 heteroatoms. The normalized spacial score (nSPS) is 17.9. The summed E-state index contributed by atoms with van der Waals surface area (Å²) in [5.74, 6) is -0.618. The molecule has 0 atom stereocenters. The monoisotopic (exact) mass is 316 g/mol. The summed E-state index contributed by atoms with van der Waals surface area (Å²) in [6.07, 6.45) is -3.44. The van der Waals surface area contributed by atoms with E-state index in [0.717, 1.165) is 17.0 Å². The maximum Gasteiger partial charge on any atom is 0.416 e. The van der Waals surface area contributed by atoms with E-state index in [-0.39, 0.29) is 23.6 Å². The molecule has 1 saturated heterocycles. The zero-order valence-corrected chi connectivity index (χ0v) is 11.5. The van der Waals surface area contributed by atoms with Gasteiger partial charge < -0.3 is 5.73 Å². The van der Waals surface area contributed by atoms with Crippen LogP contribution in [0, 0.1) is 0 Å². The summed E-state index contributed by atoms with van der Waals surface area (Å²) in [6, 6.07) is 4.88. The van der Waals surface area contributed by atoms with E-state index < -0.39 is 22.9 Å². The number of nitrogens with two attached hydrogens (primary N) is 1. The molecule has 4 nitrogen and oxygen atoms in total. The number of carbonyl (C=O) groups is 2. The van der Waals surface area contributed by atoms with Gasteiger partial charge >= 0.3 is 6.18 Å². The molecular formula is C13H11F3N2O2S. The van der Waals surface area contributed by atoms with Crippen LogP contribution < -0.4 is 5.73 Å². The second-order valence-corrected chi connectivity index (χ2v) is 5.20. The molecule has 0 aromatic heterocycles. The smallest absolute Gasteiger partial charge is 0.329 e. The first kappa shape index (κ1) is 15.6. The lowest BCUT2D eigenvalue weighted by Gasteiger charge is -2.11. The van der Waals surface area contributed by atoms with E-state index in [1.54, 1.807) is 0 Å². The fourth-order valence-electron chi connectivity index (χ4n) is 1.84. The summed E-state index contributed by atoms with van der Waals surface area (Å²) in [7, 11) is 0. The van der Waals surface area contributed by atoms with Crippen molar-refractivity contribution in [2.24, 2.45) is 5.73 Å². The molecule has 1 heterocycles. The fraction of sp³-hybridized carbons (Fsp3) is 0.231. The Morgan fingerprint density at radius 1 is 1.24 bits per heavy atom. The molecule has 1 aliphatic heterocycles. The van der Waals surface area contributed by atoms with Gasteiger partial charge in [0.1, 0.15) is 0 Å². The van der Waals surface area contributed by atoms with Gasteiger partial charge in [0.25, 0.3) is 11.1 Å². The van der Waals surface area contributed by atoms with Gasteiger partial charge in [0.15, 0.2) is 0 Å². The SMILES string of the molecule is NCCN1C(=O)S/C(=C\c2ccccc2C(F)(F)F)C1=O. The van der Waals surface area contributed by atoms with Crippen molar-refractivity contribution < 1.29 is 22.8 Å². The van der Waals surface area contributed by atoms with Crippen LogP contribution in [0.25, 0.3) is 6.08 Å². The van der Waals surface area contributed by atoms with E-state index in [2.05, 4.69) is 0 Å². The number of nitrogens with zero attached hydrogens (tertiary/aromatic N) is 1. The van der Waals surface area contributed by atoms with Crippen LogP contribution in [0.2, 0.25) is 0 Å². The van der Waals surface area contributed by atoms with E-state index in [0.29, 0.717) is 11.8 Å². The van der Waals surface area contributed by atoms with Gasteiger partial charge in [0, 0.05) is 13.1 Å². The standard InChI is InChI=1S/C13H11F3N2O2S/c14-13(15,16)9-4-2-1-3-8(9)7-10-11(19)18(6-5-17)12(20)21-10/h1-4,7H,5-6,17H2/b10-7-. The van der Waals surface area contributed by atoms with E-state index in [4.69, 9.17) is 5.73 Å². The molecule has 1 aromatic rings. The van der Waals surface area contributed by atoms with Crippen LogP contribution in [0.5, 0.6) is 0 Å². The Hall–Kier alpha value is -1.80. The predicted octanol–water partition coefficient (Wildman–Crippen LogP) is 2.70. The van der Waals surface area contributed by atoms with Crippen LogP contribution in [0.1, 0.15) is 11.1 Å². The average molecular weight is 316 g/mol. The van der Waals surface area contributed by atoms with Crippen LogP contribution >= 0.6 is 11.8 Å². The Morgan fingerprint density at radius 3 is 2.52 bits per heavy atom. The van der Waals surface area contributed by atoms with Crippen molar-refractivity contribution >= 4 is 29.0 Å². The summed E-state index contributed by atoms with van der Waals surface area (Å²) < 4.78 is 38.6. The van der Waals surface area contributed by atoms with Crippen LogP contribution in [0.15, 0.2) is 29.2 Å². The molecule has 1 fully saturated rings. The number of hydrogen-bond donors (Lipinski definition) is 1. The van der Waals surface area contributed by atoms with E-state index in [1.165, 1.54) is 18.2 Å². The van der Waals surface area contributed by atoms with Gasteiger partial charge in [-0.15, -0.1) is 0 Å². The summed E-state index contributed by atoms with van der Waals surface area (Å²) in [4.78, 5) is 24.4. The van der Waals surface area contributed by atoms with Gasteiger partial charge in [-0.05, 0) is 29.5 Å². The molecular weight excluding hydrogens is 305 g/mol. The van der Waals surface area contributed by atoms with Gasteiger partial charge in [-0.2, -0.15) is 13.2 Å². The first-order valence-corrected chi connectivity index (χ1v) is 6.78. The quantitative estimate of drug-likeness (QED) is 0.871. The van der Waals surface area contributed by atoms with Gasteiger partial charge in [-0.25, -0.2) is 0 Å². The van der Waals surface area contributed by atoms with E-state index in [1.807, 2.05) is 0 Å². The molecule has 2 amide bonds. The largest absolute Gasteiger partial charge is 0.416 e. The number of halogens is 3. The molecule has 21 heavy (non-hydrogen) atoms. The third kappa shape index (κ3) is 3.27. The highest BCUT2D eigenvalue weighted by Crippen LogP contribution is 2.36. The number of benzene rings is 1. The summed E-state index contributed by atoms with van der Waals surface area (Å²) in [5, 5.41) is -0.527. The van der Waals surface area contributed by atoms with Gasteiger partial charge in [-0.1, -0.05) is 18.2 Å². The zero-order chi connectivity index (χ0) is 15.6. The lowest BCUT2D eigenvalue weighted by Crippen LogP contribution is -2.33. The van der Waals surface area contributed by atoms with Crippen LogP contribution in [0.3, 0.4) is 0 Å². The highest BCUT2D eigenvalue weighted by atomic mass is 32.2. The Balaban J connectivity index is 2.38. The van der Waals surface area contributed by atoms with Crippen LogP contribution in [-0.4, -0.2) is 29.1 Å². The van der Waals surface area contributed by atoms with Crippen LogP contribution in [0.4, 0.5) is 18.0 Å². The molecule has 2 N–H and O–H groups in total. The van der Waals surface area contributed by atoms with Crippen molar-refractivity contribution in [3.63, 3.8) is 0 Å². The minimum absolute atomic E-state index is 0.0369.